The van der Waals surface area contributed by atoms with Gasteiger partial charge < -0.3 is 5.32 Å². The fourth-order valence-electron chi connectivity index (χ4n) is 1.48. The van der Waals surface area contributed by atoms with E-state index >= 15 is 0 Å². The number of carbonyl (C=O) groups excluding carboxylic acids is 1. The molecule has 1 heterocycles. The van der Waals surface area contributed by atoms with Crippen LogP contribution in [-0.4, -0.2) is 32.5 Å². The quantitative estimate of drug-likeness (QED) is 0.610. The maximum Gasteiger partial charge on any atom is 0.523 e. The molecular formula is C8H12F3NO4S. The van der Waals surface area contributed by atoms with Crippen molar-refractivity contribution >= 4 is 16.0 Å². The lowest BCUT2D eigenvalue weighted by atomic mass is 9.90. The molecule has 1 N–H and O–H groups in total. The minimum Gasteiger partial charge on any atom is -0.350 e. The van der Waals surface area contributed by atoms with Gasteiger partial charge in [0.25, 0.3) is 0 Å². The van der Waals surface area contributed by atoms with Gasteiger partial charge in [-0.2, -0.15) is 21.6 Å². The number of hydrogen-bond acceptors (Lipinski definition) is 4. The smallest absolute Gasteiger partial charge is 0.350 e. The number of hydrogen-bond donors (Lipinski definition) is 1. The van der Waals surface area contributed by atoms with Crippen molar-refractivity contribution in [1.29, 1.82) is 0 Å². The molecule has 0 aromatic carbocycles. The van der Waals surface area contributed by atoms with Gasteiger partial charge in [-0.1, -0.05) is 13.8 Å². The van der Waals surface area contributed by atoms with Crippen molar-refractivity contribution in [2.45, 2.75) is 31.8 Å². The molecule has 1 amide bonds. The Morgan fingerprint density at radius 2 is 2.00 bits per heavy atom. The average molecular weight is 275 g/mol. The van der Waals surface area contributed by atoms with Gasteiger partial charge >= 0.3 is 15.6 Å². The third-order valence-corrected chi connectivity index (χ3v) is 3.43. The summed E-state index contributed by atoms with van der Waals surface area (Å²) in [4.78, 5) is 11.3. The van der Waals surface area contributed by atoms with E-state index in [0.29, 0.717) is 0 Å². The Morgan fingerprint density at radius 3 is 2.35 bits per heavy atom. The lowest BCUT2D eigenvalue weighted by molar-refractivity contribution is -0.126. The largest absolute Gasteiger partial charge is 0.523 e. The Kier molecular flexibility index (Phi) is 3.45. The molecule has 1 saturated heterocycles. The van der Waals surface area contributed by atoms with E-state index < -0.39 is 33.7 Å². The zero-order valence-corrected chi connectivity index (χ0v) is 9.98. The highest BCUT2D eigenvalue weighted by Gasteiger charge is 2.48. The summed E-state index contributed by atoms with van der Waals surface area (Å²) < 4.78 is 60.8. The van der Waals surface area contributed by atoms with Gasteiger partial charge in [0.15, 0.2) is 0 Å². The topological polar surface area (TPSA) is 72.5 Å². The first-order chi connectivity index (χ1) is 7.46. The van der Waals surface area contributed by atoms with Crippen LogP contribution < -0.4 is 5.32 Å². The van der Waals surface area contributed by atoms with Gasteiger partial charge in [0.1, 0.15) is 0 Å². The molecule has 0 aromatic heterocycles. The zero-order chi connectivity index (χ0) is 13.5. The minimum absolute atomic E-state index is 0.221. The van der Waals surface area contributed by atoms with Crippen molar-refractivity contribution in [3.8, 4) is 0 Å². The molecule has 0 aromatic rings. The highest BCUT2D eigenvalue weighted by molar-refractivity contribution is 7.87. The van der Waals surface area contributed by atoms with Crippen LogP contribution in [-0.2, 0) is 19.1 Å². The molecule has 100 valence electrons. The molecule has 0 unspecified atom stereocenters. The predicted octanol–water partition coefficient (Wildman–Crippen LogP) is 0.767. The fourth-order valence-corrected chi connectivity index (χ4v) is 1.96. The molecule has 17 heavy (non-hydrogen) atoms. The van der Waals surface area contributed by atoms with Gasteiger partial charge in [-0.25, -0.2) is 0 Å². The summed E-state index contributed by atoms with van der Waals surface area (Å²) in [7, 11) is -5.59. The summed E-state index contributed by atoms with van der Waals surface area (Å²) in [5, 5.41) is 2.37. The van der Waals surface area contributed by atoms with Gasteiger partial charge in [-0.05, 0) is 6.42 Å². The van der Waals surface area contributed by atoms with Crippen molar-refractivity contribution in [2.75, 3.05) is 6.61 Å². The van der Waals surface area contributed by atoms with E-state index in [-0.39, 0.29) is 12.3 Å². The monoisotopic (exact) mass is 275 g/mol. The van der Waals surface area contributed by atoms with E-state index in [4.69, 9.17) is 0 Å². The molecule has 0 radical (unpaired) electrons. The van der Waals surface area contributed by atoms with Crippen LogP contribution in [0.15, 0.2) is 0 Å². The van der Waals surface area contributed by atoms with Gasteiger partial charge in [0, 0.05) is 5.41 Å². The van der Waals surface area contributed by atoms with Crippen LogP contribution in [0, 0.1) is 5.41 Å². The zero-order valence-electron chi connectivity index (χ0n) is 9.17. The first kappa shape index (κ1) is 14.2. The number of alkyl halides is 3. The van der Waals surface area contributed by atoms with E-state index in [2.05, 4.69) is 9.50 Å². The van der Waals surface area contributed by atoms with Gasteiger partial charge in [-0.15, -0.1) is 0 Å². The highest BCUT2D eigenvalue weighted by Crippen LogP contribution is 2.30. The van der Waals surface area contributed by atoms with E-state index in [1.54, 1.807) is 13.8 Å². The SMILES string of the molecule is CC1(C)C[C@@H](COS(=O)(=O)C(F)(F)F)NC1=O. The summed E-state index contributed by atoms with van der Waals surface area (Å²) in [6.07, 6.45) is 0.221. The van der Waals surface area contributed by atoms with E-state index in [9.17, 15) is 26.4 Å². The molecule has 0 bridgehead atoms. The number of rotatable bonds is 3. The van der Waals surface area contributed by atoms with Crippen molar-refractivity contribution in [3.05, 3.63) is 0 Å². The molecule has 1 rings (SSSR count). The molecular weight excluding hydrogens is 263 g/mol. The second-order valence-corrected chi connectivity index (χ2v) is 6.05. The number of carbonyl (C=O) groups is 1. The molecule has 0 spiro atoms. The molecule has 0 aliphatic carbocycles. The molecule has 1 aliphatic heterocycles. The normalized spacial score (nSPS) is 24.8. The summed E-state index contributed by atoms with van der Waals surface area (Å²) >= 11 is 0. The van der Waals surface area contributed by atoms with Crippen LogP contribution in [0.3, 0.4) is 0 Å². The Hall–Kier alpha value is -0.830. The summed E-state index contributed by atoms with van der Waals surface area (Å²) in [6, 6.07) is -0.727. The van der Waals surface area contributed by atoms with Crippen molar-refractivity contribution in [3.63, 3.8) is 0 Å². The third-order valence-electron chi connectivity index (χ3n) is 2.41. The van der Waals surface area contributed by atoms with Crippen LogP contribution in [0.1, 0.15) is 20.3 Å². The molecule has 0 saturated carbocycles. The van der Waals surface area contributed by atoms with Gasteiger partial charge in [0.05, 0.1) is 12.6 Å². The van der Waals surface area contributed by atoms with Crippen molar-refractivity contribution in [1.82, 2.24) is 5.32 Å². The van der Waals surface area contributed by atoms with Crippen LogP contribution in [0.25, 0.3) is 0 Å². The minimum atomic E-state index is -5.59. The first-order valence-electron chi connectivity index (χ1n) is 4.72. The third kappa shape index (κ3) is 3.09. The number of nitrogens with one attached hydrogen (secondary N) is 1. The van der Waals surface area contributed by atoms with Gasteiger partial charge in [0.2, 0.25) is 5.91 Å². The number of amides is 1. The second kappa shape index (κ2) is 4.13. The molecule has 5 nitrogen and oxygen atoms in total. The van der Waals surface area contributed by atoms with Crippen LogP contribution >= 0.6 is 0 Å². The Morgan fingerprint density at radius 1 is 1.47 bits per heavy atom. The lowest BCUT2D eigenvalue weighted by Gasteiger charge is -2.13. The summed E-state index contributed by atoms with van der Waals surface area (Å²) in [5.74, 6) is -0.337. The van der Waals surface area contributed by atoms with Crippen LogP contribution in [0.5, 0.6) is 0 Å². The Balaban J connectivity index is 2.58. The molecule has 1 atom stereocenters. The van der Waals surface area contributed by atoms with E-state index in [0.717, 1.165) is 0 Å². The average Bonchev–Trinajstić information content (AvgIpc) is 2.36. The summed E-state index contributed by atoms with van der Waals surface area (Å²) in [5.41, 5.74) is -6.17. The van der Waals surface area contributed by atoms with Crippen molar-refractivity contribution in [2.24, 2.45) is 5.41 Å². The Bertz CT molecular complexity index is 415. The van der Waals surface area contributed by atoms with Crippen LogP contribution in [0.2, 0.25) is 0 Å². The van der Waals surface area contributed by atoms with Crippen LogP contribution in [0.4, 0.5) is 13.2 Å². The number of halogens is 3. The van der Waals surface area contributed by atoms with Crippen molar-refractivity contribution < 1.29 is 30.6 Å². The fraction of sp³-hybridized carbons (Fsp3) is 0.875. The predicted molar refractivity (Wildman–Crippen MR) is 51.3 cm³/mol. The van der Waals surface area contributed by atoms with E-state index in [1.165, 1.54) is 0 Å². The maximum atomic E-state index is 11.9. The van der Waals surface area contributed by atoms with Gasteiger partial charge in [-0.3, -0.25) is 8.98 Å². The highest BCUT2D eigenvalue weighted by atomic mass is 32.2. The second-order valence-electron chi connectivity index (χ2n) is 4.44. The lowest BCUT2D eigenvalue weighted by Crippen LogP contribution is -2.34. The maximum absolute atomic E-state index is 11.9. The first-order valence-corrected chi connectivity index (χ1v) is 6.13. The molecule has 9 heteroatoms. The standard InChI is InChI=1S/C8H12F3NO4S/c1-7(2)3-5(12-6(7)13)4-16-17(14,15)8(9,10)11/h5H,3-4H2,1-2H3,(H,12,13)/t5-/m0/s1. The summed E-state index contributed by atoms with van der Waals surface area (Å²) in [6.45, 7) is 2.51. The molecule has 1 aliphatic rings. The molecule has 1 fully saturated rings. The Labute approximate surface area is 96.4 Å². The van der Waals surface area contributed by atoms with E-state index in [1.807, 2.05) is 0 Å².